The molecule has 4 nitrogen and oxygen atoms in total. The van der Waals surface area contributed by atoms with Crippen molar-refractivity contribution in [3.63, 3.8) is 0 Å². The van der Waals surface area contributed by atoms with Crippen molar-refractivity contribution in [1.82, 2.24) is 10.6 Å². The summed E-state index contributed by atoms with van der Waals surface area (Å²) in [4.78, 5) is 25.4. The zero-order valence-corrected chi connectivity index (χ0v) is 14.4. The van der Waals surface area contributed by atoms with E-state index in [2.05, 4.69) is 10.6 Å². The van der Waals surface area contributed by atoms with E-state index >= 15 is 0 Å². The molecule has 0 bridgehead atoms. The molecule has 3 aliphatic rings. The number of hydrogen-bond acceptors (Lipinski definition) is 2. The van der Waals surface area contributed by atoms with Gasteiger partial charge in [0.2, 0.25) is 11.8 Å². The molecule has 0 unspecified atom stereocenters. The first kappa shape index (κ1) is 16.8. The summed E-state index contributed by atoms with van der Waals surface area (Å²) in [5.41, 5.74) is -0.441. The zero-order chi connectivity index (χ0) is 16.1. The average molecular weight is 320 g/mol. The van der Waals surface area contributed by atoms with Crippen LogP contribution >= 0.6 is 0 Å². The van der Waals surface area contributed by atoms with E-state index in [1.165, 1.54) is 32.1 Å². The molecule has 0 heterocycles. The van der Waals surface area contributed by atoms with Gasteiger partial charge in [-0.05, 0) is 38.5 Å². The summed E-state index contributed by atoms with van der Waals surface area (Å²) in [5, 5.41) is 6.40. The summed E-state index contributed by atoms with van der Waals surface area (Å²) in [6.07, 6.45) is 15.0. The maximum atomic E-state index is 13.0. The van der Waals surface area contributed by atoms with Gasteiger partial charge in [-0.3, -0.25) is 9.59 Å². The van der Waals surface area contributed by atoms with Crippen LogP contribution in [0.5, 0.6) is 0 Å². The Hall–Kier alpha value is -1.06. The van der Waals surface area contributed by atoms with Crippen molar-refractivity contribution in [1.29, 1.82) is 0 Å². The van der Waals surface area contributed by atoms with Crippen molar-refractivity contribution in [2.45, 2.75) is 102 Å². The van der Waals surface area contributed by atoms with Gasteiger partial charge in [0.25, 0.3) is 0 Å². The highest BCUT2D eigenvalue weighted by atomic mass is 16.2. The van der Waals surface area contributed by atoms with E-state index in [0.29, 0.717) is 18.5 Å². The summed E-state index contributed by atoms with van der Waals surface area (Å²) < 4.78 is 0. The van der Waals surface area contributed by atoms with Crippen LogP contribution in [0.2, 0.25) is 0 Å². The largest absolute Gasteiger partial charge is 0.353 e. The predicted molar refractivity (Wildman–Crippen MR) is 90.9 cm³/mol. The van der Waals surface area contributed by atoms with Crippen LogP contribution in [0.1, 0.15) is 89.9 Å². The first-order chi connectivity index (χ1) is 11.2. The topological polar surface area (TPSA) is 58.2 Å². The second-order valence-corrected chi connectivity index (χ2v) is 8.02. The molecule has 23 heavy (non-hydrogen) atoms. The molecule has 3 aliphatic carbocycles. The highest BCUT2D eigenvalue weighted by Gasteiger charge is 2.42. The van der Waals surface area contributed by atoms with Crippen molar-refractivity contribution in [2.75, 3.05) is 0 Å². The second-order valence-electron chi connectivity index (χ2n) is 8.02. The van der Waals surface area contributed by atoms with Gasteiger partial charge in [-0.15, -0.1) is 0 Å². The number of nitrogens with one attached hydrogen (secondary N) is 2. The molecule has 0 atom stereocenters. The summed E-state index contributed by atoms with van der Waals surface area (Å²) in [6.45, 7) is 0. The Morgan fingerprint density at radius 3 is 1.91 bits per heavy atom. The predicted octanol–water partition coefficient (Wildman–Crippen LogP) is 3.44. The third kappa shape index (κ3) is 4.71. The molecule has 2 N–H and O–H groups in total. The summed E-state index contributed by atoms with van der Waals surface area (Å²) in [7, 11) is 0. The maximum absolute atomic E-state index is 13.0. The van der Waals surface area contributed by atoms with Crippen LogP contribution in [0.25, 0.3) is 0 Å². The fraction of sp³-hybridized carbons (Fsp3) is 0.895. The minimum Gasteiger partial charge on any atom is -0.353 e. The van der Waals surface area contributed by atoms with Gasteiger partial charge in [0.05, 0.1) is 5.41 Å². The lowest BCUT2D eigenvalue weighted by atomic mass is 9.70. The molecule has 2 amide bonds. The Kier molecular flexibility index (Phi) is 5.60. The lowest BCUT2D eigenvalue weighted by Crippen LogP contribution is -2.48. The van der Waals surface area contributed by atoms with E-state index in [1.807, 2.05) is 0 Å². The number of carbonyl (C=O) groups excluding carboxylic acids is 2. The average Bonchev–Trinajstić information content (AvgIpc) is 3.36. The minimum absolute atomic E-state index is 0.0883. The Labute approximate surface area is 140 Å². The van der Waals surface area contributed by atoms with Gasteiger partial charge < -0.3 is 10.6 Å². The number of amides is 2. The highest BCUT2D eigenvalue weighted by molar-refractivity contribution is 5.89. The fourth-order valence-corrected chi connectivity index (χ4v) is 4.29. The van der Waals surface area contributed by atoms with E-state index in [-0.39, 0.29) is 11.8 Å². The lowest BCUT2D eigenvalue weighted by molar-refractivity contribution is -0.139. The van der Waals surface area contributed by atoms with Gasteiger partial charge in [-0.25, -0.2) is 0 Å². The van der Waals surface area contributed by atoms with Crippen LogP contribution in [-0.2, 0) is 9.59 Å². The van der Waals surface area contributed by atoms with Crippen LogP contribution in [0.4, 0.5) is 0 Å². The molecule has 3 rings (SSSR count). The molecule has 0 saturated heterocycles. The number of rotatable bonds is 5. The van der Waals surface area contributed by atoms with Crippen LogP contribution in [0, 0.1) is 5.41 Å². The number of carbonyl (C=O) groups is 2. The molecule has 3 saturated carbocycles. The second kappa shape index (κ2) is 7.67. The third-order valence-corrected chi connectivity index (χ3v) is 5.92. The van der Waals surface area contributed by atoms with E-state index in [0.717, 1.165) is 51.4 Å². The maximum Gasteiger partial charge on any atom is 0.226 e. The Bertz CT molecular complexity index is 417. The monoisotopic (exact) mass is 320 g/mol. The summed E-state index contributed by atoms with van der Waals surface area (Å²) >= 11 is 0. The van der Waals surface area contributed by atoms with Crippen LogP contribution in [-0.4, -0.2) is 23.9 Å². The minimum atomic E-state index is -0.441. The van der Waals surface area contributed by atoms with Crippen molar-refractivity contribution in [3.05, 3.63) is 0 Å². The van der Waals surface area contributed by atoms with Crippen LogP contribution < -0.4 is 10.6 Å². The van der Waals surface area contributed by atoms with Gasteiger partial charge in [0.15, 0.2) is 0 Å². The summed E-state index contributed by atoms with van der Waals surface area (Å²) in [5.74, 6) is 0.250. The third-order valence-electron chi connectivity index (χ3n) is 5.92. The van der Waals surface area contributed by atoms with E-state index in [9.17, 15) is 9.59 Å². The van der Waals surface area contributed by atoms with Crippen molar-refractivity contribution < 1.29 is 9.59 Å². The van der Waals surface area contributed by atoms with Gasteiger partial charge in [-0.1, -0.05) is 44.9 Å². The molecule has 3 fully saturated rings. The standard InChI is InChI=1S/C19H32N2O2/c22-17(20-16-10-11-16)14-19(12-6-3-7-13-19)18(23)21-15-8-4-1-2-5-9-15/h15-16H,1-14H2,(H,20,22)(H,21,23). The van der Waals surface area contributed by atoms with Crippen molar-refractivity contribution >= 4 is 11.8 Å². The molecule has 0 spiro atoms. The molecule has 0 radical (unpaired) electrons. The summed E-state index contributed by atoms with van der Waals surface area (Å²) in [6, 6.07) is 0.711. The Morgan fingerprint density at radius 1 is 0.739 bits per heavy atom. The normalized spacial score (nSPS) is 25.4. The quantitative estimate of drug-likeness (QED) is 0.762. The van der Waals surface area contributed by atoms with E-state index < -0.39 is 5.41 Å². The van der Waals surface area contributed by atoms with Crippen molar-refractivity contribution in [3.8, 4) is 0 Å². The Balaban J connectivity index is 1.61. The highest BCUT2D eigenvalue weighted by Crippen LogP contribution is 2.40. The lowest BCUT2D eigenvalue weighted by Gasteiger charge is -2.36. The Morgan fingerprint density at radius 2 is 1.30 bits per heavy atom. The van der Waals surface area contributed by atoms with Crippen molar-refractivity contribution in [2.24, 2.45) is 5.41 Å². The van der Waals surface area contributed by atoms with Gasteiger partial charge >= 0.3 is 0 Å². The van der Waals surface area contributed by atoms with Gasteiger partial charge in [-0.2, -0.15) is 0 Å². The molecular formula is C19H32N2O2. The van der Waals surface area contributed by atoms with E-state index in [4.69, 9.17) is 0 Å². The molecule has 0 aromatic carbocycles. The zero-order valence-electron chi connectivity index (χ0n) is 14.4. The first-order valence-corrected chi connectivity index (χ1v) is 9.78. The number of hydrogen-bond donors (Lipinski definition) is 2. The molecule has 0 aliphatic heterocycles. The molecule has 4 heteroatoms. The van der Waals surface area contributed by atoms with Crippen LogP contribution in [0.3, 0.4) is 0 Å². The SMILES string of the molecule is O=C(CC1(C(=O)NC2CCCCCC2)CCCCC1)NC1CC1. The van der Waals surface area contributed by atoms with Gasteiger partial charge in [0, 0.05) is 18.5 Å². The fourth-order valence-electron chi connectivity index (χ4n) is 4.29. The van der Waals surface area contributed by atoms with E-state index in [1.54, 1.807) is 0 Å². The van der Waals surface area contributed by atoms with Crippen LogP contribution in [0.15, 0.2) is 0 Å². The molecule has 0 aromatic rings. The van der Waals surface area contributed by atoms with Gasteiger partial charge in [0.1, 0.15) is 0 Å². The molecule has 0 aromatic heterocycles. The molecular weight excluding hydrogens is 288 g/mol. The molecule has 130 valence electrons. The first-order valence-electron chi connectivity index (χ1n) is 9.78. The smallest absolute Gasteiger partial charge is 0.226 e.